The number of nitrogens with zero attached hydrogens (tertiary/aromatic N) is 1. The average Bonchev–Trinajstić information content (AvgIpc) is 1.80. The first kappa shape index (κ1) is 11.0. The van der Waals surface area contributed by atoms with Crippen molar-refractivity contribution in [3.05, 3.63) is 0 Å². The fraction of sp³-hybridized carbons (Fsp3) is 1.00. The molecule has 1 aliphatic rings. The Morgan fingerprint density at radius 2 is 1.62 bits per heavy atom. The molecule has 1 saturated heterocycles. The molecule has 1 rings (SSSR count). The zero-order chi connectivity index (χ0) is 10.5. The molecule has 78 valence electrons. The van der Waals surface area contributed by atoms with Gasteiger partial charge >= 0.3 is 0 Å². The van der Waals surface area contributed by atoms with E-state index in [1.54, 1.807) is 0 Å². The summed E-state index contributed by atoms with van der Waals surface area (Å²) in [6.07, 6.45) is 0.737. The predicted octanol–water partition coefficient (Wildman–Crippen LogP) is 1.63. The monoisotopic (exact) mass is 186 g/mol. The molecule has 0 aromatic heterocycles. The maximum Gasteiger partial charge on any atom is 0.0956 e. The number of aliphatic hydroxyl groups excluding tert-OH is 1. The van der Waals surface area contributed by atoms with Gasteiger partial charge in [-0.1, -0.05) is 13.8 Å². The predicted molar refractivity (Wildman–Crippen MR) is 55.5 cm³/mol. The van der Waals surface area contributed by atoms with E-state index in [2.05, 4.69) is 41.8 Å². The van der Waals surface area contributed by atoms with Crippen LogP contribution in [-0.4, -0.2) is 41.9 Å². The minimum Gasteiger partial charge on any atom is -0.392 e. The summed E-state index contributed by atoms with van der Waals surface area (Å²) >= 11 is 0. The van der Waals surface area contributed by atoms with Crippen LogP contribution in [0.15, 0.2) is 0 Å². The van der Waals surface area contributed by atoms with E-state index in [4.69, 9.17) is 0 Å². The van der Waals surface area contributed by atoms with Crippen molar-refractivity contribution < 1.29 is 9.59 Å². The Kier molecular flexibility index (Phi) is 2.29. The minimum absolute atomic E-state index is 0.0546. The molecule has 1 unspecified atom stereocenters. The van der Waals surface area contributed by atoms with Gasteiger partial charge in [-0.05, 0) is 13.8 Å². The molecule has 1 heterocycles. The number of piperidine rings is 1. The molecule has 0 saturated carbocycles. The van der Waals surface area contributed by atoms with Crippen LogP contribution in [-0.2, 0) is 0 Å². The first-order chi connectivity index (χ1) is 5.58. The van der Waals surface area contributed by atoms with E-state index in [-0.39, 0.29) is 17.1 Å². The van der Waals surface area contributed by atoms with Crippen molar-refractivity contribution in [2.75, 3.05) is 20.6 Å². The van der Waals surface area contributed by atoms with Crippen molar-refractivity contribution in [1.82, 2.24) is 0 Å². The number of quaternary nitrogens is 1. The Morgan fingerprint density at radius 1 is 1.15 bits per heavy atom. The van der Waals surface area contributed by atoms with Crippen LogP contribution in [0.3, 0.4) is 0 Å². The first-order valence-corrected chi connectivity index (χ1v) is 5.10. The molecule has 0 aliphatic carbocycles. The lowest BCUT2D eigenvalue weighted by molar-refractivity contribution is -0.951. The number of likely N-dealkylation sites (tertiary alicyclic amines) is 1. The molecule has 0 radical (unpaired) electrons. The topological polar surface area (TPSA) is 20.2 Å². The van der Waals surface area contributed by atoms with Gasteiger partial charge in [0.25, 0.3) is 0 Å². The van der Waals surface area contributed by atoms with Gasteiger partial charge in [-0.15, -0.1) is 0 Å². The maximum atomic E-state index is 9.99. The number of hydrogen-bond donors (Lipinski definition) is 1. The Bertz CT molecular complexity index is 206. The summed E-state index contributed by atoms with van der Waals surface area (Å²) in [6, 6.07) is 0. The third-order valence-corrected chi connectivity index (χ3v) is 4.04. The lowest BCUT2D eigenvalue weighted by Gasteiger charge is -2.55. The zero-order valence-corrected chi connectivity index (χ0v) is 9.89. The number of aliphatic hydroxyl groups is 1. The molecule has 0 aromatic rings. The highest BCUT2D eigenvalue weighted by molar-refractivity contribution is 4.89. The SMILES string of the molecule is CC1(C)C[N+](C)(C)C(C)(C)CC1O. The van der Waals surface area contributed by atoms with Gasteiger partial charge in [-0.3, -0.25) is 0 Å². The second-order valence-electron chi connectivity index (χ2n) is 6.36. The summed E-state index contributed by atoms with van der Waals surface area (Å²) in [5.74, 6) is 0. The number of hydrogen-bond acceptors (Lipinski definition) is 1. The van der Waals surface area contributed by atoms with Crippen molar-refractivity contribution >= 4 is 0 Å². The fourth-order valence-corrected chi connectivity index (χ4v) is 2.33. The van der Waals surface area contributed by atoms with Gasteiger partial charge in [0, 0.05) is 11.8 Å². The molecule has 1 N–H and O–H groups in total. The smallest absolute Gasteiger partial charge is 0.0956 e. The molecule has 2 heteroatoms. The van der Waals surface area contributed by atoms with E-state index in [0.29, 0.717) is 0 Å². The molecular weight excluding hydrogens is 162 g/mol. The molecule has 0 bridgehead atoms. The van der Waals surface area contributed by atoms with Gasteiger partial charge < -0.3 is 9.59 Å². The van der Waals surface area contributed by atoms with Crippen molar-refractivity contribution in [1.29, 1.82) is 0 Å². The normalized spacial score (nSPS) is 35.8. The second-order valence-corrected chi connectivity index (χ2v) is 6.36. The molecule has 0 aromatic carbocycles. The summed E-state index contributed by atoms with van der Waals surface area (Å²) < 4.78 is 0.997. The van der Waals surface area contributed by atoms with Gasteiger partial charge in [0.2, 0.25) is 0 Å². The highest BCUT2D eigenvalue weighted by Crippen LogP contribution is 2.40. The lowest BCUT2D eigenvalue weighted by Crippen LogP contribution is -2.66. The third kappa shape index (κ3) is 1.75. The Balaban J connectivity index is 2.93. The quantitative estimate of drug-likeness (QED) is 0.570. The van der Waals surface area contributed by atoms with Crippen LogP contribution < -0.4 is 0 Å². The van der Waals surface area contributed by atoms with Crippen LogP contribution in [0.25, 0.3) is 0 Å². The van der Waals surface area contributed by atoms with Gasteiger partial charge in [-0.25, -0.2) is 0 Å². The summed E-state index contributed by atoms with van der Waals surface area (Å²) in [4.78, 5) is 0. The lowest BCUT2D eigenvalue weighted by atomic mass is 9.73. The van der Waals surface area contributed by atoms with Crippen molar-refractivity contribution in [2.45, 2.75) is 45.8 Å². The Morgan fingerprint density at radius 3 is 2.00 bits per heavy atom. The van der Waals surface area contributed by atoms with Crippen LogP contribution in [0.2, 0.25) is 0 Å². The molecule has 0 amide bonds. The molecule has 2 nitrogen and oxygen atoms in total. The maximum absolute atomic E-state index is 9.99. The minimum atomic E-state index is -0.159. The fourth-order valence-electron chi connectivity index (χ4n) is 2.33. The van der Waals surface area contributed by atoms with Crippen LogP contribution >= 0.6 is 0 Å². The average molecular weight is 186 g/mol. The Hall–Kier alpha value is -0.0800. The highest BCUT2D eigenvalue weighted by atomic mass is 16.3. The molecule has 1 atom stereocenters. The van der Waals surface area contributed by atoms with Crippen LogP contribution in [0.5, 0.6) is 0 Å². The molecule has 0 spiro atoms. The van der Waals surface area contributed by atoms with Gasteiger partial charge in [0.05, 0.1) is 32.3 Å². The van der Waals surface area contributed by atoms with Crippen LogP contribution in [0.1, 0.15) is 34.1 Å². The molecule has 13 heavy (non-hydrogen) atoms. The van der Waals surface area contributed by atoms with Crippen molar-refractivity contribution in [3.8, 4) is 0 Å². The molecule has 1 aliphatic heterocycles. The highest BCUT2D eigenvalue weighted by Gasteiger charge is 2.50. The van der Waals surface area contributed by atoms with Gasteiger partial charge in [-0.2, -0.15) is 0 Å². The van der Waals surface area contributed by atoms with E-state index in [1.807, 2.05) is 0 Å². The van der Waals surface area contributed by atoms with E-state index >= 15 is 0 Å². The Labute approximate surface area is 82.1 Å². The molecule has 1 fully saturated rings. The third-order valence-electron chi connectivity index (χ3n) is 4.04. The summed E-state index contributed by atoms with van der Waals surface area (Å²) in [6.45, 7) is 9.85. The summed E-state index contributed by atoms with van der Waals surface area (Å²) in [7, 11) is 4.52. The van der Waals surface area contributed by atoms with Crippen LogP contribution in [0, 0.1) is 5.41 Å². The summed E-state index contributed by atoms with van der Waals surface area (Å²) in [5, 5.41) is 9.99. The number of rotatable bonds is 0. The van der Waals surface area contributed by atoms with Gasteiger partial charge in [0.1, 0.15) is 0 Å². The standard InChI is InChI=1S/C11H24NO/c1-10(2)8-12(5,6)11(3,4)7-9(10)13/h9,13H,7-8H2,1-6H3/q+1. The first-order valence-electron chi connectivity index (χ1n) is 5.10. The van der Waals surface area contributed by atoms with E-state index in [9.17, 15) is 5.11 Å². The largest absolute Gasteiger partial charge is 0.392 e. The van der Waals surface area contributed by atoms with Crippen molar-refractivity contribution in [2.24, 2.45) is 5.41 Å². The van der Waals surface area contributed by atoms with Gasteiger partial charge in [0.15, 0.2) is 0 Å². The second kappa shape index (κ2) is 2.71. The zero-order valence-electron chi connectivity index (χ0n) is 9.89. The van der Waals surface area contributed by atoms with Crippen LogP contribution in [0.4, 0.5) is 0 Å². The molecular formula is C11H24NO+. The van der Waals surface area contributed by atoms with Crippen molar-refractivity contribution in [3.63, 3.8) is 0 Å². The van der Waals surface area contributed by atoms with E-state index in [1.165, 1.54) is 0 Å². The summed E-state index contributed by atoms with van der Waals surface area (Å²) in [5.41, 5.74) is 0.244. The van der Waals surface area contributed by atoms with E-state index < -0.39 is 0 Å². The van der Waals surface area contributed by atoms with E-state index in [0.717, 1.165) is 17.4 Å².